The van der Waals surface area contributed by atoms with Crippen LogP contribution in [0.2, 0.25) is 0 Å². The highest BCUT2D eigenvalue weighted by Crippen LogP contribution is 2.39. The molecule has 0 spiro atoms. The zero-order chi connectivity index (χ0) is 17.0. The van der Waals surface area contributed by atoms with E-state index < -0.39 is 5.97 Å². The van der Waals surface area contributed by atoms with Gasteiger partial charge in [0.25, 0.3) is 0 Å². The van der Waals surface area contributed by atoms with Gasteiger partial charge in [0.15, 0.2) is 0 Å². The Morgan fingerprint density at radius 2 is 1.62 bits per heavy atom. The largest absolute Gasteiger partial charge is 0.423 e. The van der Waals surface area contributed by atoms with Crippen molar-refractivity contribution in [3.05, 3.63) is 65.2 Å². The Labute approximate surface area is 142 Å². The Hall–Kier alpha value is -2.60. The first kappa shape index (κ1) is 16.3. The quantitative estimate of drug-likeness (QED) is 0.591. The van der Waals surface area contributed by atoms with Crippen LogP contribution in [-0.4, -0.2) is 5.97 Å². The van der Waals surface area contributed by atoms with Gasteiger partial charge in [-0.25, -0.2) is 4.79 Å². The smallest absolute Gasteiger partial charge is 0.343 e. The van der Waals surface area contributed by atoms with Crippen LogP contribution >= 0.6 is 0 Å². The van der Waals surface area contributed by atoms with E-state index in [-0.39, 0.29) is 5.41 Å². The van der Waals surface area contributed by atoms with Gasteiger partial charge in [-0.2, -0.15) is 5.26 Å². The molecule has 0 unspecified atom stereocenters. The van der Waals surface area contributed by atoms with E-state index >= 15 is 0 Å². The molecule has 1 saturated carbocycles. The second-order valence-corrected chi connectivity index (χ2v) is 6.72. The molecule has 1 aliphatic rings. The number of esters is 1. The number of ether oxygens (including phenoxy) is 1. The van der Waals surface area contributed by atoms with Crippen LogP contribution in [0.15, 0.2) is 48.5 Å². The van der Waals surface area contributed by atoms with Crippen molar-refractivity contribution >= 4 is 5.97 Å². The second-order valence-electron chi connectivity index (χ2n) is 6.72. The molecule has 0 aromatic heterocycles. The zero-order valence-electron chi connectivity index (χ0n) is 13.9. The van der Waals surface area contributed by atoms with Crippen molar-refractivity contribution < 1.29 is 9.53 Å². The fourth-order valence-electron chi connectivity index (χ4n) is 3.39. The SMILES string of the molecule is CC1(c2ccc(OC(=O)c3ccc(C#N)cc3)cc2)CCCCC1. The van der Waals surface area contributed by atoms with E-state index in [1.807, 2.05) is 18.2 Å². The lowest BCUT2D eigenvalue weighted by Gasteiger charge is -2.34. The third kappa shape index (κ3) is 3.49. The molecular formula is C21H21NO2. The van der Waals surface area contributed by atoms with Gasteiger partial charge < -0.3 is 4.74 Å². The summed E-state index contributed by atoms with van der Waals surface area (Å²) in [6, 6.07) is 16.4. The summed E-state index contributed by atoms with van der Waals surface area (Å²) in [5.41, 5.74) is 2.53. The van der Waals surface area contributed by atoms with Gasteiger partial charge >= 0.3 is 5.97 Å². The third-order valence-corrected chi connectivity index (χ3v) is 4.97. The monoisotopic (exact) mass is 319 g/mol. The molecule has 3 rings (SSSR count). The number of nitrogens with zero attached hydrogens (tertiary/aromatic N) is 1. The molecule has 3 nitrogen and oxygen atoms in total. The van der Waals surface area contributed by atoms with Gasteiger partial charge in [0.2, 0.25) is 0 Å². The Bertz CT molecular complexity index is 748. The summed E-state index contributed by atoms with van der Waals surface area (Å²) in [6.07, 6.45) is 6.34. The summed E-state index contributed by atoms with van der Waals surface area (Å²) >= 11 is 0. The number of nitriles is 1. The van der Waals surface area contributed by atoms with Crippen molar-refractivity contribution in [3.8, 4) is 11.8 Å². The molecule has 1 fully saturated rings. The average Bonchev–Trinajstić information content (AvgIpc) is 2.63. The molecule has 0 radical (unpaired) electrons. The maximum atomic E-state index is 12.2. The first-order valence-corrected chi connectivity index (χ1v) is 8.44. The highest BCUT2D eigenvalue weighted by atomic mass is 16.5. The van der Waals surface area contributed by atoms with Gasteiger partial charge in [-0.3, -0.25) is 0 Å². The van der Waals surface area contributed by atoms with Crippen LogP contribution in [0.25, 0.3) is 0 Å². The Kier molecular flexibility index (Phi) is 4.66. The maximum Gasteiger partial charge on any atom is 0.343 e. The van der Waals surface area contributed by atoms with Gasteiger partial charge in [0.05, 0.1) is 17.2 Å². The zero-order valence-corrected chi connectivity index (χ0v) is 13.9. The molecule has 0 aliphatic heterocycles. The Morgan fingerprint density at radius 1 is 1.00 bits per heavy atom. The minimum absolute atomic E-state index is 0.244. The van der Waals surface area contributed by atoms with Crippen LogP contribution in [-0.2, 0) is 5.41 Å². The Balaban J connectivity index is 1.69. The van der Waals surface area contributed by atoms with Crippen LogP contribution in [0.1, 0.15) is 60.5 Å². The number of hydrogen-bond acceptors (Lipinski definition) is 3. The van der Waals surface area contributed by atoms with Crippen molar-refractivity contribution in [3.63, 3.8) is 0 Å². The number of benzene rings is 2. The summed E-state index contributed by atoms with van der Waals surface area (Å²) in [5, 5.41) is 8.79. The van der Waals surface area contributed by atoms with Crippen LogP contribution < -0.4 is 4.74 Å². The minimum Gasteiger partial charge on any atom is -0.423 e. The van der Waals surface area contributed by atoms with Crippen LogP contribution in [0.3, 0.4) is 0 Å². The number of carbonyl (C=O) groups excluding carboxylic acids is 1. The normalized spacial score (nSPS) is 16.2. The molecule has 0 saturated heterocycles. The van der Waals surface area contributed by atoms with E-state index in [9.17, 15) is 4.79 Å². The first-order valence-electron chi connectivity index (χ1n) is 8.44. The predicted molar refractivity (Wildman–Crippen MR) is 93.0 cm³/mol. The van der Waals surface area contributed by atoms with Crippen LogP contribution in [0.4, 0.5) is 0 Å². The van der Waals surface area contributed by atoms with E-state index in [0.717, 1.165) is 0 Å². The molecule has 0 heterocycles. The van der Waals surface area contributed by atoms with Crippen molar-refractivity contribution in [1.82, 2.24) is 0 Å². The molecule has 1 aliphatic carbocycles. The second kappa shape index (κ2) is 6.88. The fraction of sp³-hybridized carbons (Fsp3) is 0.333. The molecule has 122 valence electrons. The van der Waals surface area contributed by atoms with Crippen LogP contribution in [0, 0.1) is 11.3 Å². The average molecular weight is 319 g/mol. The molecule has 24 heavy (non-hydrogen) atoms. The van der Waals surface area contributed by atoms with Gasteiger partial charge in [-0.1, -0.05) is 38.3 Å². The van der Waals surface area contributed by atoms with Gasteiger partial charge in [0, 0.05) is 0 Å². The van der Waals surface area contributed by atoms with Crippen molar-refractivity contribution in [2.75, 3.05) is 0 Å². The molecule has 3 heteroatoms. The lowest BCUT2D eigenvalue weighted by atomic mass is 9.71. The standard InChI is InChI=1S/C21H21NO2/c1-21(13-3-2-4-14-21)18-9-11-19(12-10-18)24-20(23)17-7-5-16(15-22)6-8-17/h5-12H,2-4,13-14H2,1H3. The number of hydrogen-bond donors (Lipinski definition) is 0. The van der Waals surface area contributed by atoms with Crippen molar-refractivity contribution in [2.45, 2.75) is 44.4 Å². The molecule has 0 atom stereocenters. The van der Waals surface area contributed by atoms with Gasteiger partial charge in [-0.15, -0.1) is 0 Å². The summed E-state index contributed by atoms with van der Waals surface area (Å²) in [5.74, 6) is 0.142. The summed E-state index contributed by atoms with van der Waals surface area (Å²) in [7, 11) is 0. The topological polar surface area (TPSA) is 50.1 Å². The Morgan fingerprint density at radius 3 is 2.21 bits per heavy atom. The summed E-state index contributed by atoms with van der Waals surface area (Å²) in [4.78, 5) is 12.2. The van der Waals surface area contributed by atoms with Crippen molar-refractivity contribution in [2.24, 2.45) is 0 Å². The maximum absolute atomic E-state index is 12.2. The van der Waals surface area contributed by atoms with E-state index in [4.69, 9.17) is 10.00 Å². The lowest BCUT2D eigenvalue weighted by Crippen LogP contribution is -2.24. The number of rotatable bonds is 3. The molecule has 0 N–H and O–H groups in total. The highest BCUT2D eigenvalue weighted by Gasteiger charge is 2.28. The van der Waals surface area contributed by atoms with E-state index in [2.05, 4.69) is 19.1 Å². The number of carbonyl (C=O) groups is 1. The van der Waals surface area contributed by atoms with Crippen LogP contribution in [0.5, 0.6) is 5.75 Å². The minimum atomic E-state index is -0.406. The van der Waals surface area contributed by atoms with E-state index in [1.165, 1.54) is 37.7 Å². The lowest BCUT2D eigenvalue weighted by molar-refractivity contribution is 0.0734. The van der Waals surface area contributed by atoms with Crippen molar-refractivity contribution in [1.29, 1.82) is 5.26 Å². The summed E-state index contributed by atoms with van der Waals surface area (Å²) in [6.45, 7) is 2.32. The summed E-state index contributed by atoms with van der Waals surface area (Å²) < 4.78 is 5.43. The molecule has 2 aromatic carbocycles. The first-order chi connectivity index (χ1) is 11.6. The third-order valence-electron chi connectivity index (χ3n) is 4.97. The molecule has 0 amide bonds. The molecule has 2 aromatic rings. The fourth-order valence-corrected chi connectivity index (χ4v) is 3.39. The van der Waals surface area contributed by atoms with Gasteiger partial charge in [-0.05, 0) is 60.2 Å². The van der Waals surface area contributed by atoms with E-state index in [1.54, 1.807) is 24.3 Å². The molecule has 0 bridgehead atoms. The van der Waals surface area contributed by atoms with Gasteiger partial charge in [0.1, 0.15) is 5.75 Å². The molecular weight excluding hydrogens is 298 g/mol. The highest BCUT2D eigenvalue weighted by molar-refractivity contribution is 5.91. The van der Waals surface area contributed by atoms with E-state index in [0.29, 0.717) is 16.9 Å². The predicted octanol–water partition coefficient (Wildman–Crippen LogP) is 5.00.